The Kier molecular flexibility index (Phi) is 8.10. The average molecular weight is 453 g/mol. The molecule has 0 radical (unpaired) electrons. The zero-order valence-electron chi connectivity index (χ0n) is 18.4. The van der Waals surface area contributed by atoms with Gasteiger partial charge in [-0.25, -0.2) is 4.79 Å². The second-order valence-electron chi connectivity index (χ2n) is 8.20. The van der Waals surface area contributed by atoms with E-state index < -0.39 is 35.7 Å². The Hall–Kier alpha value is -3.78. The molecule has 0 unspecified atom stereocenters. The number of carbonyl (C=O) groups excluding carboxylic acids is 4. The number of H-pyrrole nitrogens is 1. The van der Waals surface area contributed by atoms with Crippen LogP contribution in [0.25, 0.3) is 16.4 Å². The van der Waals surface area contributed by atoms with Gasteiger partial charge < -0.3 is 25.9 Å². The van der Waals surface area contributed by atoms with Gasteiger partial charge in [-0.1, -0.05) is 18.2 Å². The third kappa shape index (κ3) is 7.11. The molecule has 0 saturated heterocycles. The maximum Gasteiger partial charge on any atom is 0.328 e. The number of nitrogens with zero attached hydrogens (tertiary/aromatic N) is 2. The van der Waals surface area contributed by atoms with E-state index in [-0.39, 0.29) is 25.9 Å². The Bertz CT molecular complexity index is 1080. The molecule has 1 aromatic heterocycles. The van der Waals surface area contributed by atoms with Crippen LogP contribution in [-0.2, 0) is 30.3 Å². The molecule has 1 saturated carbocycles. The lowest BCUT2D eigenvalue weighted by Gasteiger charge is -2.22. The molecular weight excluding hydrogens is 426 g/mol. The van der Waals surface area contributed by atoms with E-state index in [2.05, 4.69) is 20.4 Å². The summed E-state index contributed by atoms with van der Waals surface area (Å²) >= 11 is 0. The molecule has 0 aliphatic heterocycles. The van der Waals surface area contributed by atoms with Gasteiger partial charge in [-0.3, -0.25) is 14.4 Å². The summed E-state index contributed by atoms with van der Waals surface area (Å²) in [5.41, 5.74) is 10.2. The van der Waals surface area contributed by atoms with Gasteiger partial charge in [0.15, 0.2) is 0 Å². The standard InChI is InChI=1S/C23H27N5O5/c1-14(29)27-21(10-16-11-25-19-5-3-2-4-18(16)19)22(31)28-20(9-8-17(30)12-26-24)23(32)33-13-15-6-7-15/h2-5,11-12,15,20-21,25H,6-10,13H2,1H3,(H,27,29)(H,28,31)/t20-,21-/m0/s1. The molecule has 2 amide bonds. The Balaban J connectivity index is 1.72. The summed E-state index contributed by atoms with van der Waals surface area (Å²) in [5, 5.41) is 6.19. The van der Waals surface area contributed by atoms with Crippen molar-refractivity contribution in [1.82, 2.24) is 15.6 Å². The van der Waals surface area contributed by atoms with Gasteiger partial charge in [-0.15, -0.1) is 0 Å². The second-order valence-corrected chi connectivity index (χ2v) is 8.20. The number of Topliss-reactive ketones (excluding diaryl/α,β-unsaturated/α-hetero) is 1. The topological polar surface area (TPSA) is 154 Å². The van der Waals surface area contributed by atoms with Crippen LogP contribution in [-0.4, -0.2) is 58.2 Å². The number of hydrogen-bond donors (Lipinski definition) is 3. The van der Waals surface area contributed by atoms with Gasteiger partial charge in [-0.2, -0.15) is 4.79 Å². The number of ether oxygens (including phenoxy) is 1. The molecule has 0 spiro atoms. The van der Waals surface area contributed by atoms with Crippen molar-refractivity contribution in [2.24, 2.45) is 5.92 Å². The van der Waals surface area contributed by atoms with Gasteiger partial charge in [0.2, 0.25) is 17.6 Å². The van der Waals surface area contributed by atoms with Crippen molar-refractivity contribution < 1.29 is 28.7 Å². The summed E-state index contributed by atoms with van der Waals surface area (Å²) in [6.07, 6.45) is 4.55. The number of ketones is 1. The number of hydrogen-bond acceptors (Lipinski definition) is 5. The van der Waals surface area contributed by atoms with Crippen molar-refractivity contribution in [3.8, 4) is 0 Å². The first-order valence-corrected chi connectivity index (χ1v) is 10.9. The van der Waals surface area contributed by atoms with Crippen molar-refractivity contribution in [3.63, 3.8) is 0 Å². The minimum Gasteiger partial charge on any atom is -0.464 e. The van der Waals surface area contributed by atoms with Crippen LogP contribution in [0.4, 0.5) is 0 Å². The number of fused-ring (bicyclic) bond motifs is 1. The Morgan fingerprint density at radius 1 is 1.21 bits per heavy atom. The molecule has 10 nitrogen and oxygen atoms in total. The van der Waals surface area contributed by atoms with Crippen LogP contribution in [0.2, 0.25) is 0 Å². The first-order chi connectivity index (χ1) is 15.9. The molecule has 1 aliphatic carbocycles. The molecule has 2 atom stereocenters. The average Bonchev–Trinajstić information content (AvgIpc) is 3.53. The molecule has 1 aromatic carbocycles. The second kappa shape index (κ2) is 11.2. The molecule has 3 rings (SSSR count). The molecule has 33 heavy (non-hydrogen) atoms. The number of benzene rings is 1. The zero-order chi connectivity index (χ0) is 23.8. The largest absolute Gasteiger partial charge is 0.464 e. The quantitative estimate of drug-likeness (QED) is 0.191. The van der Waals surface area contributed by atoms with E-state index in [0.29, 0.717) is 5.92 Å². The van der Waals surface area contributed by atoms with E-state index in [4.69, 9.17) is 10.3 Å². The number of aromatic amines is 1. The highest BCUT2D eigenvalue weighted by Crippen LogP contribution is 2.29. The SMILES string of the molecule is CC(=O)N[C@@H](Cc1c[nH]c2ccccc12)C(=O)N[C@@H](CCC(=O)C=[N+]=[N-])C(=O)OCC1CC1. The lowest BCUT2D eigenvalue weighted by Crippen LogP contribution is -2.52. The van der Waals surface area contributed by atoms with Gasteiger partial charge in [0, 0.05) is 36.9 Å². The lowest BCUT2D eigenvalue weighted by molar-refractivity contribution is -0.148. The number of aromatic nitrogens is 1. The molecule has 174 valence electrons. The summed E-state index contributed by atoms with van der Waals surface area (Å²) in [5.74, 6) is -1.76. The summed E-state index contributed by atoms with van der Waals surface area (Å²) in [7, 11) is 0. The van der Waals surface area contributed by atoms with Crippen molar-refractivity contribution in [2.75, 3.05) is 6.61 Å². The highest BCUT2D eigenvalue weighted by Gasteiger charge is 2.30. The van der Waals surface area contributed by atoms with E-state index in [1.165, 1.54) is 6.92 Å². The van der Waals surface area contributed by atoms with Crippen molar-refractivity contribution in [2.45, 2.75) is 51.1 Å². The smallest absolute Gasteiger partial charge is 0.328 e. The molecule has 2 aromatic rings. The molecule has 1 aliphatic rings. The molecule has 0 bridgehead atoms. The minimum absolute atomic E-state index is 0.0278. The van der Waals surface area contributed by atoms with Crippen LogP contribution in [0.5, 0.6) is 0 Å². The maximum atomic E-state index is 13.1. The molecule has 3 N–H and O–H groups in total. The third-order valence-electron chi connectivity index (χ3n) is 5.43. The van der Waals surface area contributed by atoms with Gasteiger partial charge in [0.1, 0.15) is 12.1 Å². The van der Waals surface area contributed by atoms with Gasteiger partial charge in [0.25, 0.3) is 0 Å². The molecular formula is C23H27N5O5. The van der Waals surface area contributed by atoms with E-state index in [1.807, 2.05) is 24.3 Å². The monoisotopic (exact) mass is 453 g/mol. The first kappa shape index (κ1) is 23.9. The van der Waals surface area contributed by atoms with Crippen LogP contribution in [0.15, 0.2) is 30.5 Å². The summed E-state index contributed by atoms with van der Waals surface area (Å²) in [4.78, 5) is 55.0. The number of rotatable bonds is 12. The minimum atomic E-state index is -1.08. The summed E-state index contributed by atoms with van der Waals surface area (Å²) < 4.78 is 5.31. The number of amides is 2. The normalized spacial score (nSPS) is 14.6. The van der Waals surface area contributed by atoms with E-state index in [9.17, 15) is 19.2 Å². The summed E-state index contributed by atoms with van der Waals surface area (Å²) in [6.45, 7) is 1.57. The van der Waals surface area contributed by atoms with Crippen LogP contribution >= 0.6 is 0 Å². The van der Waals surface area contributed by atoms with Crippen LogP contribution < -0.4 is 10.6 Å². The predicted molar refractivity (Wildman–Crippen MR) is 119 cm³/mol. The fraction of sp³-hybridized carbons (Fsp3) is 0.435. The number of carbonyl (C=O) groups is 4. The van der Waals surface area contributed by atoms with Crippen molar-refractivity contribution in [3.05, 3.63) is 41.6 Å². The number of esters is 1. The van der Waals surface area contributed by atoms with E-state index in [1.54, 1.807) is 6.20 Å². The van der Waals surface area contributed by atoms with Crippen molar-refractivity contribution in [1.29, 1.82) is 0 Å². The fourth-order valence-electron chi connectivity index (χ4n) is 3.50. The highest BCUT2D eigenvalue weighted by atomic mass is 16.5. The molecule has 10 heteroatoms. The molecule has 1 fully saturated rings. The van der Waals surface area contributed by atoms with Gasteiger partial charge in [0.05, 0.1) is 6.61 Å². The van der Waals surface area contributed by atoms with Crippen LogP contribution in [0.1, 0.15) is 38.2 Å². The Morgan fingerprint density at radius 3 is 2.67 bits per heavy atom. The Labute approximate surface area is 190 Å². The lowest BCUT2D eigenvalue weighted by atomic mass is 10.0. The maximum absolute atomic E-state index is 13.1. The van der Waals surface area contributed by atoms with E-state index >= 15 is 0 Å². The zero-order valence-corrected chi connectivity index (χ0v) is 18.4. The fourth-order valence-corrected chi connectivity index (χ4v) is 3.50. The van der Waals surface area contributed by atoms with Gasteiger partial charge in [-0.05, 0) is 36.8 Å². The number of para-hydroxylation sites is 1. The van der Waals surface area contributed by atoms with Gasteiger partial charge >= 0.3 is 12.2 Å². The highest BCUT2D eigenvalue weighted by molar-refractivity contribution is 6.25. The third-order valence-corrected chi connectivity index (χ3v) is 5.43. The predicted octanol–water partition coefficient (Wildman–Crippen LogP) is 1.30. The number of nitrogens with one attached hydrogen (secondary N) is 3. The van der Waals surface area contributed by atoms with Crippen LogP contribution in [0.3, 0.4) is 0 Å². The van der Waals surface area contributed by atoms with Crippen LogP contribution in [0, 0.1) is 5.92 Å². The Morgan fingerprint density at radius 2 is 1.97 bits per heavy atom. The summed E-state index contributed by atoms with van der Waals surface area (Å²) in [6, 6.07) is 5.58. The van der Waals surface area contributed by atoms with E-state index in [0.717, 1.165) is 35.5 Å². The first-order valence-electron chi connectivity index (χ1n) is 10.9. The molecule has 1 heterocycles. The van der Waals surface area contributed by atoms with Crippen molar-refractivity contribution >= 4 is 40.7 Å².